The summed E-state index contributed by atoms with van der Waals surface area (Å²) in [5, 5.41) is 11.4. The number of phenolic OH excluding ortho intramolecular Hbond substituents is 1. The van der Waals surface area contributed by atoms with Crippen molar-refractivity contribution in [3.63, 3.8) is 0 Å². The predicted octanol–water partition coefficient (Wildman–Crippen LogP) is 5.10. The van der Waals surface area contributed by atoms with E-state index in [1.54, 1.807) is 60.8 Å². The molecule has 1 heterocycles. The number of benzene rings is 4. The summed E-state index contributed by atoms with van der Waals surface area (Å²) >= 11 is 0. The lowest BCUT2D eigenvalue weighted by atomic mass is 9.94. The third kappa shape index (κ3) is 2.84. The number of aromatic hydroxyl groups is 1. The summed E-state index contributed by atoms with van der Waals surface area (Å²) in [6, 6.07) is 24.7. The molecule has 5 rings (SSSR count). The van der Waals surface area contributed by atoms with Gasteiger partial charge in [0.1, 0.15) is 5.75 Å². The third-order valence-corrected chi connectivity index (χ3v) is 5.17. The summed E-state index contributed by atoms with van der Waals surface area (Å²) in [4.78, 5) is 31.7. The topological polar surface area (TPSA) is 70.0 Å². The Labute approximate surface area is 172 Å². The molecule has 5 nitrogen and oxygen atoms in total. The van der Waals surface area contributed by atoms with Crippen LogP contribution in [0.4, 0.5) is 11.4 Å². The Morgan fingerprint density at radius 1 is 0.733 bits per heavy atom. The van der Waals surface area contributed by atoms with E-state index >= 15 is 0 Å². The molecule has 5 heteroatoms. The number of nitrogens with zero attached hydrogens (tertiary/aromatic N) is 2. The van der Waals surface area contributed by atoms with Gasteiger partial charge in [0.2, 0.25) is 0 Å². The fourth-order valence-electron chi connectivity index (χ4n) is 3.69. The molecule has 0 saturated carbocycles. The van der Waals surface area contributed by atoms with E-state index in [0.717, 1.165) is 5.39 Å². The number of amides is 2. The normalized spacial score (nSPS) is 13.4. The van der Waals surface area contributed by atoms with Crippen LogP contribution in [0.15, 0.2) is 89.9 Å². The lowest BCUT2D eigenvalue weighted by Gasteiger charge is -2.27. The smallest absolute Gasteiger partial charge is 0.265 e. The molecule has 1 N–H and O–H groups in total. The Balaban J connectivity index is 1.49. The molecule has 0 aliphatic carbocycles. The Bertz CT molecular complexity index is 1290. The number of imide groups is 1. The van der Waals surface area contributed by atoms with E-state index in [9.17, 15) is 14.7 Å². The first kappa shape index (κ1) is 17.8. The first-order valence-electron chi connectivity index (χ1n) is 9.46. The SMILES string of the molecule is O=C1c2cccc3cccc(c23)C(=O)N1c1ccc(N=Cc2ccccc2O)cc1. The fraction of sp³-hybridized carbons (Fsp3) is 0. The van der Waals surface area contributed by atoms with Gasteiger partial charge >= 0.3 is 0 Å². The van der Waals surface area contributed by atoms with Crippen molar-refractivity contribution >= 4 is 40.2 Å². The maximum atomic E-state index is 13.1. The van der Waals surface area contributed by atoms with E-state index in [2.05, 4.69) is 4.99 Å². The quantitative estimate of drug-likeness (QED) is 0.390. The van der Waals surface area contributed by atoms with E-state index in [1.165, 1.54) is 4.90 Å². The maximum absolute atomic E-state index is 13.1. The standard InChI is InChI=1S/C25H16N2O3/c28-22-10-2-1-5-17(22)15-26-18-11-13-19(14-12-18)27-24(29)20-8-3-6-16-7-4-9-21(23(16)20)25(27)30/h1-15,28H. The maximum Gasteiger partial charge on any atom is 0.265 e. The minimum atomic E-state index is -0.338. The van der Waals surface area contributed by atoms with Gasteiger partial charge in [0.25, 0.3) is 11.8 Å². The highest BCUT2D eigenvalue weighted by atomic mass is 16.3. The van der Waals surface area contributed by atoms with Crippen LogP contribution in [0.1, 0.15) is 26.3 Å². The van der Waals surface area contributed by atoms with E-state index < -0.39 is 0 Å². The molecule has 4 aromatic carbocycles. The first-order valence-corrected chi connectivity index (χ1v) is 9.46. The van der Waals surface area contributed by atoms with Crippen LogP contribution < -0.4 is 4.90 Å². The van der Waals surface area contributed by atoms with Crippen molar-refractivity contribution in [3.8, 4) is 5.75 Å². The van der Waals surface area contributed by atoms with E-state index in [0.29, 0.717) is 33.5 Å². The molecule has 0 spiro atoms. The molecular weight excluding hydrogens is 376 g/mol. The number of rotatable bonds is 3. The van der Waals surface area contributed by atoms with Gasteiger partial charge in [-0.3, -0.25) is 14.6 Å². The molecule has 144 valence electrons. The van der Waals surface area contributed by atoms with Crippen molar-refractivity contribution in [1.29, 1.82) is 0 Å². The lowest BCUT2D eigenvalue weighted by molar-refractivity contribution is 0.0893. The summed E-state index contributed by atoms with van der Waals surface area (Å²) < 4.78 is 0. The number of carbonyl (C=O) groups excluding carboxylic acids is 2. The molecule has 2 amide bonds. The molecule has 0 radical (unpaired) electrons. The molecule has 30 heavy (non-hydrogen) atoms. The largest absolute Gasteiger partial charge is 0.507 e. The fourth-order valence-corrected chi connectivity index (χ4v) is 3.69. The van der Waals surface area contributed by atoms with Crippen molar-refractivity contribution in [1.82, 2.24) is 0 Å². The minimum absolute atomic E-state index is 0.148. The average molecular weight is 392 g/mol. The molecule has 0 bridgehead atoms. The van der Waals surface area contributed by atoms with Gasteiger partial charge in [-0.1, -0.05) is 36.4 Å². The van der Waals surface area contributed by atoms with Crippen LogP contribution in [0.3, 0.4) is 0 Å². The highest BCUT2D eigenvalue weighted by Gasteiger charge is 2.33. The van der Waals surface area contributed by atoms with E-state index in [1.807, 2.05) is 30.3 Å². The second-order valence-electron chi connectivity index (χ2n) is 6.99. The van der Waals surface area contributed by atoms with Crippen LogP contribution in [0.25, 0.3) is 10.8 Å². The Morgan fingerprint density at radius 3 is 2.00 bits per heavy atom. The monoisotopic (exact) mass is 392 g/mol. The summed E-state index contributed by atoms with van der Waals surface area (Å²) in [7, 11) is 0. The molecule has 0 atom stereocenters. The van der Waals surface area contributed by atoms with Gasteiger partial charge in [-0.25, -0.2) is 4.90 Å². The van der Waals surface area contributed by atoms with Crippen LogP contribution in [0.5, 0.6) is 5.75 Å². The number of carbonyl (C=O) groups is 2. The third-order valence-electron chi connectivity index (χ3n) is 5.17. The summed E-state index contributed by atoms with van der Waals surface area (Å²) in [5.41, 5.74) is 2.76. The number of phenols is 1. The molecule has 0 fully saturated rings. The highest BCUT2D eigenvalue weighted by molar-refractivity contribution is 6.35. The zero-order valence-corrected chi connectivity index (χ0v) is 15.8. The molecule has 0 saturated heterocycles. The number of para-hydroxylation sites is 1. The minimum Gasteiger partial charge on any atom is -0.507 e. The first-order chi connectivity index (χ1) is 14.6. The van der Waals surface area contributed by atoms with Gasteiger partial charge in [-0.2, -0.15) is 0 Å². The molecule has 1 aliphatic heterocycles. The number of anilines is 1. The van der Waals surface area contributed by atoms with Crippen LogP contribution in [0.2, 0.25) is 0 Å². The van der Waals surface area contributed by atoms with Gasteiger partial charge in [-0.05, 0) is 53.9 Å². The van der Waals surface area contributed by atoms with Crippen LogP contribution in [-0.2, 0) is 0 Å². The van der Waals surface area contributed by atoms with Gasteiger partial charge in [-0.15, -0.1) is 0 Å². The Kier molecular flexibility index (Phi) is 4.14. The molecule has 4 aromatic rings. The van der Waals surface area contributed by atoms with E-state index in [4.69, 9.17) is 0 Å². The number of hydrogen-bond donors (Lipinski definition) is 1. The van der Waals surface area contributed by atoms with Crippen molar-refractivity contribution in [2.75, 3.05) is 4.90 Å². The molecule has 0 unspecified atom stereocenters. The van der Waals surface area contributed by atoms with Crippen LogP contribution >= 0.6 is 0 Å². The summed E-state index contributed by atoms with van der Waals surface area (Å²) in [5.74, 6) is -0.528. The zero-order valence-electron chi connectivity index (χ0n) is 15.8. The van der Waals surface area contributed by atoms with Gasteiger partial charge in [0.15, 0.2) is 0 Å². The van der Waals surface area contributed by atoms with Crippen LogP contribution in [0, 0.1) is 0 Å². The van der Waals surface area contributed by atoms with Crippen molar-refractivity contribution in [2.45, 2.75) is 0 Å². The number of aliphatic imine (C=N–C) groups is 1. The highest BCUT2D eigenvalue weighted by Crippen LogP contribution is 2.33. The second-order valence-corrected chi connectivity index (χ2v) is 6.99. The van der Waals surface area contributed by atoms with Crippen molar-refractivity contribution in [3.05, 3.63) is 102 Å². The van der Waals surface area contributed by atoms with Gasteiger partial charge in [0, 0.05) is 28.3 Å². The second kappa shape index (κ2) is 6.97. The summed E-state index contributed by atoms with van der Waals surface area (Å²) in [6.45, 7) is 0. The Morgan fingerprint density at radius 2 is 1.37 bits per heavy atom. The summed E-state index contributed by atoms with van der Waals surface area (Å²) in [6.07, 6.45) is 1.57. The predicted molar refractivity (Wildman–Crippen MR) is 117 cm³/mol. The Hall–Kier alpha value is -4.25. The van der Waals surface area contributed by atoms with Gasteiger partial charge in [0.05, 0.1) is 11.4 Å². The van der Waals surface area contributed by atoms with E-state index in [-0.39, 0.29) is 17.6 Å². The zero-order chi connectivity index (χ0) is 20.7. The van der Waals surface area contributed by atoms with Gasteiger partial charge < -0.3 is 5.11 Å². The molecular formula is C25H16N2O3. The molecule has 0 aromatic heterocycles. The number of hydrogen-bond acceptors (Lipinski definition) is 4. The van der Waals surface area contributed by atoms with Crippen molar-refractivity contribution < 1.29 is 14.7 Å². The lowest BCUT2D eigenvalue weighted by Crippen LogP contribution is -2.40. The van der Waals surface area contributed by atoms with Crippen molar-refractivity contribution in [2.24, 2.45) is 4.99 Å². The molecule has 1 aliphatic rings. The average Bonchev–Trinajstić information content (AvgIpc) is 2.78. The van der Waals surface area contributed by atoms with Crippen LogP contribution in [-0.4, -0.2) is 23.1 Å².